The summed E-state index contributed by atoms with van der Waals surface area (Å²) in [4.78, 5) is 35.1. The molecule has 0 aromatic carbocycles. The predicted molar refractivity (Wildman–Crippen MR) is 63.8 cm³/mol. The average molecular weight is 260 g/mol. The van der Waals surface area contributed by atoms with Crippen molar-refractivity contribution in [2.45, 2.75) is 13.3 Å². The first-order valence-electron chi connectivity index (χ1n) is 5.66. The number of rotatable bonds is 8. The van der Waals surface area contributed by atoms with Crippen molar-refractivity contribution in [1.82, 2.24) is 10.2 Å². The number of methoxy groups -OCH3 is 2. The van der Waals surface area contributed by atoms with Crippen LogP contribution in [-0.4, -0.2) is 63.1 Å². The van der Waals surface area contributed by atoms with Gasteiger partial charge >= 0.3 is 11.9 Å². The second-order valence-electron chi connectivity index (χ2n) is 3.57. The zero-order valence-electron chi connectivity index (χ0n) is 11.0. The topological polar surface area (TPSA) is 84.9 Å². The Morgan fingerprint density at radius 3 is 1.94 bits per heavy atom. The molecule has 0 heterocycles. The maximum atomic E-state index is 11.3. The number of carbonyl (C=O) groups is 3. The third kappa shape index (κ3) is 7.61. The molecule has 0 bridgehead atoms. The Hall–Kier alpha value is -1.63. The SMILES string of the molecule is CCNC(=O)CCN(CC(=O)OC)CC(=O)OC. The summed E-state index contributed by atoms with van der Waals surface area (Å²) in [5.74, 6) is -1.05. The van der Waals surface area contributed by atoms with Gasteiger partial charge in [-0.15, -0.1) is 0 Å². The van der Waals surface area contributed by atoms with Gasteiger partial charge < -0.3 is 14.8 Å². The summed E-state index contributed by atoms with van der Waals surface area (Å²) in [5, 5.41) is 2.64. The number of hydrogen-bond donors (Lipinski definition) is 1. The lowest BCUT2D eigenvalue weighted by atomic mass is 10.3. The van der Waals surface area contributed by atoms with E-state index >= 15 is 0 Å². The van der Waals surface area contributed by atoms with Gasteiger partial charge in [0.05, 0.1) is 27.3 Å². The van der Waals surface area contributed by atoms with Gasteiger partial charge in [0.25, 0.3) is 0 Å². The molecule has 0 fully saturated rings. The van der Waals surface area contributed by atoms with Gasteiger partial charge in [-0.1, -0.05) is 0 Å². The fourth-order valence-corrected chi connectivity index (χ4v) is 1.25. The van der Waals surface area contributed by atoms with Crippen molar-refractivity contribution in [2.75, 3.05) is 40.4 Å². The van der Waals surface area contributed by atoms with Crippen LogP contribution in [0.2, 0.25) is 0 Å². The molecular formula is C11H20N2O5. The summed E-state index contributed by atoms with van der Waals surface area (Å²) in [6.07, 6.45) is 0.210. The highest BCUT2D eigenvalue weighted by molar-refractivity contribution is 5.77. The number of amides is 1. The number of nitrogens with zero attached hydrogens (tertiary/aromatic N) is 1. The van der Waals surface area contributed by atoms with E-state index in [0.29, 0.717) is 6.54 Å². The van der Waals surface area contributed by atoms with Crippen molar-refractivity contribution in [1.29, 1.82) is 0 Å². The lowest BCUT2D eigenvalue weighted by molar-refractivity contribution is -0.146. The maximum absolute atomic E-state index is 11.3. The van der Waals surface area contributed by atoms with Gasteiger partial charge in [-0.05, 0) is 6.92 Å². The first-order valence-corrected chi connectivity index (χ1v) is 5.66. The summed E-state index contributed by atoms with van der Waals surface area (Å²) in [7, 11) is 2.53. The zero-order chi connectivity index (χ0) is 14.0. The van der Waals surface area contributed by atoms with Gasteiger partial charge in [-0.3, -0.25) is 19.3 Å². The van der Waals surface area contributed by atoms with Gasteiger partial charge in [-0.25, -0.2) is 0 Å². The van der Waals surface area contributed by atoms with Crippen LogP contribution in [0.3, 0.4) is 0 Å². The Kier molecular flexibility index (Phi) is 8.55. The minimum atomic E-state index is -0.463. The molecule has 18 heavy (non-hydrogen) atoms. The van der Waals surface area contributed by atoms with Crippen molar-refractivity contribution in [3.8, 4) is 0 Å². The molecule has 0 saturated heterocycles. The lowest BCUT2D eigenvalue weighted by Gasteiger charge is -2.19. The van der Waals surface area contributed by atoms with E-state index in [1.165, 1.54) is 19.1 Å². The highest BCUT2D eigenvalue weighted by atomic mass is 16.5. The number of esters is 2. The van der Waals surface area contributed by atoms with Crippen LogP contribution in [0.15, 0.2) is 0 Å². The third-order valence-electron chi connectivity index (χ3n) is 2.19. The molecule has 7 heteroatoms. The Morgan fingerprint density at radius 1 is 1.06 bits per heavy atom. The van der Waals surface area contributed by atoms with Crippen LogP contribution in [0.4, 0.5) is 0 Å². The van der Waals surface area contributed by atoms with Crippen LogP contribution >= 0.6 is 0 Å². The molecule has 0 unspecified atom stereocenters. The molecule has 0 aliphatic rings. The zero-order valence-corrected chi connectivity index (χ0v) is 11.0. The minimum Gasteiger partial charge on any atom is -0.468 e. The van der Waals surface area contributed by atoms with E-state index in [1.807, 2.05) is 6.92 Å². The van der Waals surface area contributed by atoms with Crippen molar-refractivity contribution in [3.05, 3.63) is 0 Å². The molecule has 0 aromatic heterocycles. The molecule has 0 saturated carbocycles. The van der Waals surface area contributed by atoms with E-state index < -0.39 is 11.9 Å². The van der Waals surface area contributed by atoms with E-state index in [1.54, 1.807) is 0 Å². The summed E-state index contributed by atoms with van der Waals surface area (Å²) in [6.45, 7) is 2.55. The standard InChI is InChI=1S/C11H20N2O5/c1-4-12-9(14)5-6-13(7-10(15)17-2)8-11(16)18-3/h4-8H2,1-3H3,(H,12,14). The summed E-state index contributed by atoms with van der Waals surface area (Å²) in [5.41, 5.74) is 0. The molecule has 0 aromatic rings. The largest absolute Gasteiger partial charge is 0.468 e. The molecule has 104 valence electrons. The van der Waals surface area contributed by atoms with E-state index in [9.17, 15) is 14.4 Å². The molecule has 0 radical (unpaired) electrons. The van der Waals surface area contributed by atoms with Crippen LogP contribution in [0.1, 0.15) is 13.3 Å². The molecule has 0 spiro atoms. The van der Waals surface area contributed by atoms with Gasteiger partial charge in [0.15, 0.2) is 0 Å². The Bertz CT molecular complexity index is 275. The third-order valence-corrected chi connectivity index (χ3v) is 2.19. The van der Waals surface area contributed by atoms with Crippen molar-refractivity contribution >= 4 is 17.8 Å². The second-order valence-corrected chi connectivity index (χ2v) is 3.57. The highest BCUT2D eigenvalue weighted by Crippen LogP contribution is 1.94. The molecular weight excluding hydrogens is 240 g/mol. The molecule has 0 rings (SSSR count). The highest BCUT2D eigenvalue weighted by Gasteiger charge is 2.16. The predicted octanol–water partition coefficient (Wildman–Crippen LogP) is -0.839. The van der Waals surface area contributed by atoms with Crippen LogP contribution in [0.5, 0.6) is 0 Å². The summed E-state index contributed by atoms with van der Waals surface area (Å²) in [6, 6.07) is 0. The van der Waals surface area contributed by atoms with Crippen LogP contribution in [0.25, 0.3) is 0 Å². The average Bonchev–Trinajstić information content (AvgIpc) is 2.35. The number of carbonyl (C=O) groups excluding carboxylic acids is 3. The Balaban J connectivity index is 4.23. The van der Waals surface area contributed by atoms with Crippen LogP contribution in [-0.2, 0) is 23.9 Å². The molecule has 1 N–H and O–H groups in total. The fourth-order valence-electron chi connectivity index (χ4n) is 1.25. The smallest absolute Gasteiger partial charge is 0.319 e. The molecule has 0 atom stereocenters. The Labute approximate surface area is 106 Å². The van der Waals surface area contributed by atoms with Crippen molar-refractivity contribution in [2.24, 2.45) is 0 Å². The lowest BCUT2D eigenvalue weighted by Crippen LogP contribution is -2.38. The first-order chi connectivity index (χ1) is 8.53. The summed E-state index contributed by atoms with van der Waals surface area (Å²) >= 11 is 0. The second kappa shape index (κ2) is 9.41. The maximum Gasteiger partial charge on any atom is 0.319 e. The Morgan fingerprint density at radius 2 is 1.56 bits per heavy atom. The van der Waals surface area contributed by atoms with Crippen LogP contribution < -0.4 is 5.32 Å². The molecule has 1 amide bonds. The van der Waals surface area contributed by atoms with E-state index in [2.05, 4.69) is 14.8 Å². The van der Waals surface area contributed by atoms with E-state index in [-0.39, 0.29) is 32.0 Å². The minimum absolute atomic E-state index is 0.0506. The van der Waals surface area contributed by atoms with Gasteiger partial charge in [0.2, 0.25) is 5.91 Å². The number of ether oxygens (including phenoxy) is 2. The van der Waals surface area contributed by atoms with Gasteiger partial charge in [0, 0.05) is 19.5 Å². The normalized spacial score (nSPS) is 10.0. The molecule has 7 nitrogen and oxygen atoms in total. The first kappa shape index (κ1) is 16.4. The fraction of sp³-hybridized carbons (Fsp3) is 0.727. The van der Waals surface area contributed by atoms with Gasteiger partial charge in [0.1, 0.15) is 0 Å². The van der Waals surface area contributed by atoms with Gasteiger partial charge in [-0.2, -0.15) is 0 Å². The quantitative estimate of drug-likeness (QED) is 0.573. The number of nitrogens with one attached hydrogen (secondary N) is 1. The van der Waals surface area contributed by atoms with Crippen LogP contribution in [0, 0.1) is 0 Å². The molecule has 0 aliphatic heterocycles. The monoisotopic (exact) mass is 260 g/mol. The van der Waals surface area contributed by atoms with E-state index in [4.69, 9.17) is 0 Å². The van der Waals surface area contributed by atoms with E-state index in [0.717, 1.165) is 0 Å². The number of hydrogen-bond acceptors (Lipinski definition) is 6. The molecule has 0 aliphatic carbocycles. The van der Waals surface area contributed by atoms with Crippen molar-refractivity contribution in [3.63, 3.8) is 0 Å². The van der Waals surface area contributed by atoms with Crippen molar-refractivity contribution < 1.29 is 23.9 Å². The summed E-state index contributed by atoms with van der Waals surface area (Å²) < 4.78 is 9.03.